The molecule has 3 N–H and O–H groups in total. The molecule has 0 atom stereocenters. The van der Waals surface area contributed by atoms with E-state index in [1.807, 2.05) is 75.4 Å². The van der Waals surface area contributed by atoms with Crippen LogP contribution in [0.15, 0.2) is 60.9 Å². The van der Waals surface area contributed by atoms with Gasteiger partial charge in [-0.3, -0.25) is 9.69 Å². The van der Waals surface area contributed by atoms with Crippen LogP contribution in [0.1, 0.15) is 27.2 Å². The number of hydrogen-bond donors (Lipinski definition) is 3. The predicted octanol–water partition coefficient (Wildman–Crippen LogP) is 4.33. The van der Waals surface area contributed by atoms with Crippen LogP contribution in [-0.4, -0.2) is 69.9 Å². The minimum absolute atomic E-state index is 0.149. The number of amides is 1. The number of benzene rings is 2. The van der Waals surface area contributed by atoms with E-state index in [0.717, 1.165) is 73.5 Å². The third kappa shape index (κ3) is 6.78. The molecule has 2 aromatic carbocycles. The number of carbonyl (C=O) groups is 1. The van der Waals surface area contributed by atoms with Crippen LogP contribution in [0.2, 0.25) is 0 Å². The van der Waals surface area contributed by atoms with E-state index >= 15 is 0 Å². The minimum atomic E-state index is -0.149. The first kappa shape index (κ1) is 26.3. The van der Waals surface area contributed by atoms with E-state index in [2.05, 4.69) is 35.9 Å². The molecule has 1 fully saturated rings. The summed E-state index contributed by atoms with van der Waals surface area (Å²) in [6.07, 6.45) is 1.54. The maximum Gasteiger partial charge on any atom is 0.255 e. The second-order valence-electron chi connectivity index (χ2n) is 9.70. The Balaban J connectivity index is 1.30. The zero-order valence-corrected chi connectivity index (χ0v) is 22.6. The van der Waals surface area contributed by atoms with E-state index in [9.17, 15) is 4.79 Å². The molecule has 4 aromatic rings. The molecule has 1 saturated heterocycles. The van der Waals surface area contributed by atoms with Crippen molar-refractivity contribution in [2.24, 2.45) is 0 Å². The van der Waals surface area contributed by atoms with Crippen LogP contribution >= 0.6 is 0 Å². The van der Waals surface area contributed by atoms with Crippen LogP contribution in [0.5, 0.6) is 0 Å². The van der Waals surface area contributed by atoms with Gasteiger partial charge in [-0.1, -0.05) is 23.8 Å². The SMILES string of the molecule is Cc1cccc(C(=O)Nc2ccc(C)c(Nc3cc(C)nn3-c3cc(NCCN4CCOCC4)ncn3)c2)c1. The molecule has 3 heterocycles. The van der Waals surface area contributed by atoms with E-state index in [-0.39, 0.29) is 5.91 Å². The molecule has 10 nitrogen and oxygen atoms in total. The highest BCUT2D eigenvalue weighted by Gasteiger charge is 2.14. The summed E-state index contributed by atoms with van der Waals surface area (Å²) in [5.41, 5.74) is 5.10. The number of anilines is 4. The third-order valence-corrected chi connectivity index (χ3v) is 6.58. The van der Waals surface area contributed by atoms with E-state index in [1.165, 1.54) is 0 Å². The summed E-state index contributed by atoms with van der Waals surface area (Å²) in [7, 11) is 0. The Kier molecular flexibility index (Phi) is 8.14. The lowest BCUT2D eigenvalue weighted by atomic mass is 10.1. The first-order valence-electron chi connectivity index (χ1n) is 13.1. The Labute approximate surface area is 228 Å². The fourth-order valence-electron chi connectivity index (χ4n) is 4.45. The predicted molar refractivity (Wildman–Crippen MR) is 153 cm³/mol. The van der Waals surface area contributed by atoms with Gasteiger partial charge in [0.2, 0.25) is 0 Å². The van der Waals surface area contributed by atoms with Gasteiger partial charge in [-0.25, -0.2) is 9.97 Å². The number of ether oxygens (including phenoxy) is 1. The summed E-state index contributed by atoms with van der Waals surface area (Å²) < 4.78 is 7.19. The fraction of sp³-hybridized carbons (Fsp3) is 0.310. The molecule has 0 aliphatic carbocycles. The molecule has 0 radical (unpaired) electrons. The number of hydrogen-bond acceptors (Lipinski definition) is 8. The van der Waals surface area contributed by atoms with E-state index in [4.69, 9.17) is 4.74 Å². The molecule has 10 heteroatoms. The van der Waals surface area contributed by atoms with Crippen LogP contribution in [0.3, 0.4) is 0 Å². The average molecular weight is 527 g/mol. The van der Waals surface area contributed by atoms with Gasteiger partial charge in [0, 0.05) is 55.2 Å². The Morgan fingerprint density at radius 2 is 1.85 bits per heavy atom. The van der Waals surface area contributed by atoms with Gasteiger partial charge in [0.15, 0.2) is 5.82 Å². The topological polar surface area (TPSA) is 109 Å². The number of nitrogens with one attached hydrogen (secondary N) is 3. The number of carbonyl (C=O) groups excluding carboxylic acids is 1. The van der Waals surface area contributed by atoms with Crippen molar-refractivity contribution in [3.05, 3.63) is 83.3 Å². The highest BCUT2D eigenvalue weighted by Crippen LogP contribution is 2.27. The summed E-state index contributed by atoms with van der Waals surface area (Å²) >= 11 is 0. The Morgan fingerprint density at radius 3 is 2.67 bits per heavy atom. The smallest absolute Gasteiger partial charge is 0.255 e. The van der Waals surface area contributed by atoms with Gasteiger partial charge in [-0.2, -0.15) is 9.78 Å². The molecular formula is C29H34N8O2. The third-order valence-electron chi connectivity index (χ3n) is 6.58. The number of rotatable bonds is 9. The molecule has 39 heavy (non-hydrogen) atoms. The van der Waals surface area contributed by atoms with Crippen molar-refractivity contribution in [1.29, 1.82) is 0 Å². The number of aryl methyl sites for hydroxylation is 3. The molecule has 0 bridgehead atoms. The molecule has 1 aliphatic heterocycles. The molecule has 0 saturated carbocycles. The lowest BCUT2D eigenvalue weighted by Crippen LogP contribution is -2.39. The number of morpholine rings is 1. The summed E-state index contributed by atoms with van der Waals surface area (Å²) in [5, 5.41) is 14.5. The highest BCUT2D eigenvalue weighted by molar-refractivity contribution is 6.04. The number of aromatic nitrogens is 4. The van der Waals surface area contributed by atoms with Crippen LogP contribution in [0.4, 0.5) is 23.0 Å². The molecule has 2 aromatic heterocycles. The molecule has 1 amide bonds. The normalized spacial score (nSPS) is 13.7. The van der Waals surface area contributed by atoms with Crippen LogP contribution < -0.4 is 16.0 Å². The highest BCUT2D eigenvalue weighted by atomic mass is 16.5. The van der Waals surface area contributed by atoms with Gasteiger partial charge < -0.3 is 20.7 Å². The fourth-order valence-corrected chi connectivity index (χ4v) is 4.45. The summed E-state index contributed by atoms with van der Waals surface area (Å²) in [6, 6.07) is 17.2. The molecule has 5 rings (SSSR count). The van der Waals surface area contributed by atoms with Crippen LogP contribution in [0.25, 0.3) is 5.82 Å². The zero-order chi connectivity index (χ0) is 27.2. The maximum absolute atomic E-state index is 12.8. The van der Waals surface area contributed by atoms with Gasteiger partial charge in [0.1, 0.15) is 18.0 Å². The quantitative estimate of drug-likeness (QED) is 0.296. The second kappa shape index (κ2) is 12.1. The Bertz CT molecular complexity index is 1440. The Hall–Kier alpha value is -4.28. The van der Waals surface area contributed by atoms with Gasteiger partial charge >= 0.3 is 0 Å². The van der Waals surface area contributed by atoms with E-state index in [0.29, 0.717) is 17.1 Å². The van der Waals surface area contributed by atoms with Crippen molar-refractivity contribution in [3.8, 4) is 5.82 Å². The molecule has 1 aliphatic rings. The lowest BCUT2D eigenvalue weighted by molar-refractivity contribution is 0.0398. The maximum atomic E-state index is 12.8. The van der Waals surface area contributed by atoms with E-state index < -0.39 is 0 Å². The Morgan fingerprint density at radius 1 is 1.00 bits per heavy atom. The van der Waals surface area contributed by atoms with Crippen molar-refractivity contribution in [1.82, 2.24) is 24.6 Å². The van der Waals surface area contributed by atoms with Crippen LogP contribution in [-0.2, 0) is 4.74 Å². The summed E-state index contributed by atoms with van der Waals surface area (Å²) in [6.45, 7) is 11.1. The van der Waals surface area contributed by atoms with Crippen molar-refractivity contribution in [2.75, 3.05) is 55.3 Å². The summed E-state index contributed by atoms with van der Waals surface area (Å²) in [5.74, 6) is 2.00. The van der Waals surface area contributed by atoms with Crippen molar-refractivity contribution in [3.63, 3.8) is 0 Å². The van der Waals surface area contributed by atoms with Gasteiger partial charge in [-0.05, 0) is 50.6 Å². The minimum Gasteiger partial charge on any atom is -0.379 e. The van der Waals surface area contributed by atoms with Crippen molar-refractivity contribution < 1.29 is 9.53 Å². The lowest BCUT2D eigenvalue weighted by Gasteiger charge is -2.26. The largest absolute Gasteiger partial charge is 0.379 e. The summed E-state index contributed by atoms with van der Waals surface area (Å²) in [4.78, 5) is 24.0. The average Bonchev–Trinajstić information content (AvgIpc) is 3.31. The zero-order valence-electron chi connectivity index (χ0n) is 22.6. The molecule has 0 unspecified atom stereocenters. The molecule has 0 spiro atoms. The van der Waals surface area contributed by atoms with Gasteiger partial charge in [0.25, 0.3) is 5.91 Å². The van der Waals surface area contributed by atoms with Crippen LogP contribution in [0, 0.1) is 20.8 Å². The molecule has 202 valence electrons. The second-order valence-corrected chi connectivity index (χ2v) is 9.70. The monoisotopic (exact) mass is 526 g/mol. The number of nitrogens with zero attached hydrogens (tertiary/aromatic N) is 5. The van der Waals surface area contributed by atoms with Crippen molar-refractivity contribution >= 4 is 28.9 Å². The van der Waals surface area contributed by atoms with E-state index in [1.54, 1.807) is 11.0 Å². The van der Waals surface area contributed by atoms with Gasteiger partial charge in [-0.15, -0.1) is 0 Å². The van der Waals surface area contributed by atoms with Crippen molar-refractivity contribution in [2.45, 2.75) is 20.8 Å². The first-order valence-corrected chi connectivity index (χ1v) is 13.1. The van der Waals surface area contributed by atoms with Gasteiger partial charge in [0.05, 0.1) is 18.9 Å². The standard InChI is InChI=1S/C29H34N8O2/c1-20-5-4-6-23(15-20)29(38)33-24-8-7-21(2)25(17-24)34-28-16-22(3)35-37(28)27-18-26(31-19-32-27)30-9-10-36-11-13-39-14-12-36/h4-8,15-19,34H,9-14H2,1-3H3,(H,33,38)(H,30,31,32). The molecular weight excluding hydrogens is 492 g/mol. The first-order chi connectivity index (χ1) is 18.9.